The van der Waals surface area contributed by atoms with Gasteiger partial charge in [-0.3, -0.25) is 0 Å². The van der Waals surface area contributed by atoms with Gasteiger partial charge in [0.05, 0.1) is 12.3 Å². The van der Waals surface area contributed by atoms with E-state index in [0.29, 0.717) is 18.0 Å². The van der Waals surface area contributed by atoms with Crippen LogP contribution in [0.1, 0.15) is 6.92 Å². The van der Waals surface area contributed by atoms with E-state index in [1.807, 2.05) is 0 Å². The van der Waals surface area contributed by atoms with Crippen molar-refractivity contribution in [1.82, 2.24) is 0 Å². The molecule has 0 aliphatic carbocycles. The molecule has 0 aliphatic heterocycles. The number of nitrogens with one attached hydrogen (secondary N) is 2. The van der Waals surface area contributed by atoms with Crippen molar-refractivity contribution in [2.75, 3.05) is 30.5 Å². The van der Waals surface area contributed by atoms with E-state index < -0.39 is 25.6 Å². The molecular weight excluding hydrogens is 450 g/mol. The van der Waals surface area contributed by atoms with Gasteiger partial charge in [0, 0.05) is 23.9 Å². The second-order valence-corrected chi connectivity index (χ2v) is 6.42. The summed E-state index contributed by atoms with van der Waals surface area (Å²) in [6.07, 6.45) is -9.26. The van der Waals surface area contributed by atoms with Gasteiger partial charge in [-0.15, -0.1) is 0 Å². The number of hydrogen-bond acceptors (Lipinski definition) is 4. The summed E-state index contributed by atoms with van der Waals surface area (Å²) in [6.45, 7) is -1.06. The maximum Gasteiger partial charge on any atom is 0.422 e. The number of thiocarbonyl (C=S) groups is 1. The molecule has 0 radical (unpaired) electrons. The minimum atomic E-state index is -4.63. The SMILES string of the molecule is CCOc1ccccc1NC(=S)Nc1cc(OCC(F)(F)F)cc(OCC(F)(F)F)c1. The molecule has 0 aliphatic rings. The van der Waals surface area contributed by atoms with E-state index in [0.717, 1.165) is 18.2 Å². The molecule has 0 heterocycles. The summed E-state index contributed by atoms with van der Waals surface area (Å²) in [7, 11) is 0. The number of alkyl halides is 6. The first-order chi connectivity index (χ1) is 14.4. The highest BCUT2D eigenvalue weighted by Gasteiger charge is 2.30. The molecule has 5 nitrogen and oxygen atoms in total. The molecule has 2 aromatic carbocycles. The predicted molar refractivity (Wildman–Crippen MR) is 107 cm³/mol. The van der Waals surface area contributed by atoms with Crippen molar-refractivity contribution in [3.63, 3.8) is 0 Å². The molecule has 2 rings (SSSR count). The summed E-state index contributed by atoms with van der Waals surface area (Å²) in [4.78, 5) is 0. The van der Waals surface area contributed by atoms with Gasteiger partial charge < -0.3 is 24.8 Å². The van der Waals surface area contributed by atoms with Crippen molar-refractivity contribution in [1.29, 1.82) is 0 Å². The Labute approximate surface area is 179 Å². The third kappa shape index (κ3) is 9.20. The zero-order valence-electron chi connectivity index (χ0n) is 16.1. The lowest BCUT2D eigenvalue weighted by atomic mass is 10.2. The van der Waals surface area contributed by atoms with E-state index in [1.54, 1.807) is 31.2 Å². The number of ether oxygens (including phenoxy) is 3. The second-order valence-electron chi connectivity index (χ2n) is 6.01. The van der Waals surface area contributed by atoms with Crippen molar-refractivity contribution < 1.29 is 40.6 Å². The first-order valence-electron chi connectivity index (χ1n) is 8.79. The fourth-order valence-electron chi connectivity index (χ4n) is 2.28. The highest BCUT2D eigenvalue weighted by Crippen LogP contribution is 2.30. The molecule has 0 aromatic heterocycles. The van der Waals surface area contributed by atoms with Gasteiger partial charge in [-0.2, -0.15) is 26.3 Å². The van der Waals surface area contributed by atoms with Gasteiger partial charge >= 0.3 is 12.4 Å². The molecule has 0 bridgehead atoms. The quantitative estimate of drug-likeness (QED) is 0.379. The maximum atomic E-state index is 12.4. The Morgan fingerprint density at radius 3 is 1.90 bits per heavy atom. The van der Waals surface area contributed by atoms with Gasteiger partial charge in [0.15, 0.2) is 18.3 Å². The minimum Gasteiger partial charge on any atom is -0.492 e. The largest absolute Gasteiger partial charge is 0.492 e. The Hall–Kier alpha value is -2.89. The van der Waals surface area contributed by atoms with Crippen LogP contribution in [0, 0.1) is 0 Å². The van der Waals surface area contributed by atoms with E-state index in [-0.39, 0.29) is 22.3 Å². The van der Waals surface area contributed by atoms with Crippen LogP contribution in [0.5, 0.6) is 17.2 Å². The molecule has 0 unspecified atom stereocenters. The Morgan fingerprint density at radius 1 is 0.839 bits per heavy atom. The summed E-state index contributed by atoms with van der Waals surface area (Å²) >= 11 is 5.18. The lowest BCUT2D eigenvalue weighted by Crippen LogP contribution is -2.21. The fraction of sp³-hybridized carbons (Fsp3) is 0.316. The van der Waals surface area contributed by atoms with Crippen molar-refractivity contribution >= 4 is 28.7 Å². The molecule has 0 saturated heterocycles. The van der Waals surface area contributed by atoms with Crippen LogP contribution in [0.4, 0.5) is 37.7 Å². The Balaban J connectivity index is 2.17. The molecule has 0 amide bonds. The highest BCUT2D eigenvalue weighted by atomic mass is 32.1. The first kappa shape index (κ1) is 24.4. The lowest BCUT2D eigenvalue weighted by molar-refractivity contribution is -0.153. The van der Waals surface area contributed by atoms with E-state index in [1.165, 1.54) is 0 Å². The van der Waals surface area contributed by atoms with Gasteiger partial charge in [0.2, 0.25) is 0 Å². The third-order valence-corrected chi connectivity index (χ3v) is 3.58. The molecule has 2 aromatic rings. The van der Waals surface area contributed by atoms with Crippen molar-refractivity contribution in [3.05, 3.63) is 42.5 Å². The molecule has 170 valence electrons. The maximum absolute atomic E-state index is 12.4. The van der Waals surface area contributed by atoms with Crippen LogP contribution in [0.15, 0.2) is 42.5 Å². The van der Waals surface area contributed by atoms with Crippen LogP contribution >= 0.6 is 12.2 Å². The fourth-order valence-corrected chi connectivity index (χ4v) is 2.50. The number of para-hydroxylation sites is 2. The van der Waals surface area contributed by atoms with Crippen LogP contribution in [-0.2, 0) is 0 Å². The van der Waals surface area contributed by atoms with Crippen LogP contribution in [0.25, 0.3) is 0 Å². The smallest absolute Gasteiger partial charge is 0.422 e. The average Bonchev–Trinajstić information content (AvgIpc) is 2.65. The molecule has 0 saturated carbocycles. The number of anilines is 2. The lowest BCUT2D eigenvalue weighted by Gasteiger charge is -2.17. The van der Waals surface area contributed by atoms with Crippen LogP contribution in [-0.4, -0.2) is 37.3 Å². The predicted octanol–water partition coefficient (Wildman–Crippen LogP) is 5.78. The normalized spacial score (nSPS) is 11.6. The minimum absolute atomic E-state index is 0.0156. The Kier molecular flexibility index (Phi) is 8.20. The van der Waals surface area contributed by atoms with E-state index >= 15 is 0 Å². The van der Waals surface area contributed by atoms with Crippen molar-refractivity contribution in [3.8, 4) is 17.2 Å². The Morgan fingerprint density at radius 2 is 1.39 bits per heavy atom. The van der Waals surface area contributed by atoms with Gasteiger partial charge in [0.25, 0.3) is 0 Å². The van der Waals surface area contributed by atoms with Gasteiger partial charge in [-0.25, -0.2) is 0 Å². The topological polar surface area (TPSA) is 51.8 Å². The zero-order chi connectivity index (χ0) is 23.1. The molecular formula is C19H18F6N2O3S. The molecule has 12 heteroatoms. The van der Waals surface area contributed by atoms with Crippen molar-refractivity contribution in [2.24, 2.45) is 0 Å². The standard InChI is InChI=1S/C19H18F6N2O3S/c1-2-28-16-6-4-3-5-15(16)27-17(31)26-12-7-13(29-10-18(20,21)22)9-14(8-12)30-11-19(23,24)25/h3-9H,2,10-11H2,1H3,(H2,26,27,31). The van der Waals surface area contributed by atoms with Crippen LogP contribution < -0.4 is 24.8 Å². The van der Waals surface area contributed by atoms with E-state index in [9.17, 15) is 26.3 Å². The number of rotatable bonds is 8. The van der Waals surface area contributed by atoms with Gasteiger partial charge in [-0.1, -0.05) is 12.1 Å². The number of benzene rings is 2. The summed E-state index contributed by atoms with van der Waals surface area (Å²) < 4.78 is 89.3. The van der Waals surface area contributed by atoms with Gasteiger partial charge in [-0.05, 0) is 31.3 Å². The summed E-state index contributed by atoms with van der Waals surface area (Å²) in [5, 5.41) is 5.54. The summed E-state index contributed by atoms with van der Waals surface area (Å²) in [5.41, 5.74) is 0.572. The van der Waals surface area contributed by atoms with E-state index in [4.69, 9.17) is 17.0 Å². The summed E-state index contributed by atoms with van der Waals surface area (Å²) in [6, 6.07) is 10.1. The Bertz CT molecular complexity index is 853. The molecule has 0 spiro atoms. The molecule has 31 heavy (non-hydrogen) atoms. The third-order valence-electron chi connectivity index (χ3n) is 3.38. The van der Waals surface area contributed by atoms with Gasteiger partial charge in [0.1, 0.15) is 17.2 Å². The first-order valence-corrected chi connectivity index (χ1v) is 9.20. The second kappa shape index (κ2) is 10.4. The van der Waals surface area contributed by atoms with E-state index in [2.05, 4.69) is 20.1 Å². The zero-order valence-corrected chi connectivity index (χ0v) is 16.9. The van der Waals surface area contributed by atoms with Crippen LogP contribution in [0.3, 0.4) is 0 Å². The molecule has 2 N–H and O–H groups in total. The molecule has 0 atom stereocenters. The monoisotopic (exact) mass is 468 g/mol. The molecule has 0 fully saturated rings. The average molecular weight is 468 g/mol. The highest BCUT2D eigenvalue weighted by molar-refractivity contribution is 7.80. The summed E-state index contributed by atoms with van der Waals surface area (Å²) in [5.74, 6) is -0.195. The van der Waals surface area contributed by atoms with Crippen molar-refractivity contribution in [2.45, 2.75) is 19.3 Å². The number of hydrogen-bond donors (Lipinski definition) is 2. The number of halogens is 6. The van der Waals surface area contributed by atoms with Crippen LogP contribution in [0.2, 0.25) is 0 Å².